The molecule has 0 bridgehead atoms. The third-order valence-electron chi connectivity index (χ3n) is 6.45. The summed E-state index contributed by atoms with van der Waals surface area (Å²) in [4.78, 5) is 29.5. The van der Waals surface area contributed by atoms with E-state index in [9.17, 15) is 9.59 Å². The minimum Gasteiger partial charge on any atom is -0.289 e. The Bertz CT molecular complexity index is 1350. The molecular formula is C28H26O2S2. The lowest BCUT2D eigenvalue weighted by Gasteiger charge is -2.11. The van der Waals surface area contributed by atoms with Gasteiger partial charge in [0.25, 0.3) is 0 Å². The molecule has 0 aliphatic rings. The summed E-state index contributed by atoms with van der Waals surface area (Å²) < 4.78 is 0. The van der Waals surface area contributed by atoms with Crippen LogP contribution < -0.4 is 10.9 Å². The minimum absolute atomic E-state index is 0.125. The van der Waals surface area contributed by atoms with E-state index in [0.29, 0.717) is 0 Å². The van der Waals surface area contributed by atoms with Crippen molar-refractivity contribution in [2.24, 2.45) is 0 Å². The largest absolute Gasteiger partial charge is 0.289 e. The number of thiophene rings is 2. The second kappa shape index (κ2) is 8.76. The molecule has 3 aromatic carbocycles. The van der Waals surface area contributed by atoms with Crippen LogP contribution in [-0.4, -0.2) is 0 Å². The maximum Gasteiger partial charge on any atom is 0.195 e. The van der Waals surface area contributed by atoms with E-state index in [1.165, 1.54) is 0 Å². The molecular weight excluding hydrogens is 432 g/mol. The zero-order valence-electron chi connectivity index (χ0n) is 18.5. The molecule has 5 aromatic rings. The van der Waals surface area contributed by atoms with Crippen LogP contribution >= 0.6 is 22.7 Å². The molecule has 0 radical (unpaired) electrons. The van der Waals surface area contributed by atoms with E-state index < -0.39 is 0 Å². The van der Waals surface area contributed by atoms with Gasteiger partial charge < -0.3 is 0 Å². The fraction of sp³-hybridized carbons (Fsp3) is 0.286. The van der Waals surface area contributed by atoms with Gasteiger partial charge in [-0.1, -0.05) is 38.8 Å². The van der Waals surface area contributed by atoms with Crippen molar-refractivity contribution in [1.82, 2.24) is 0 Å². The summed E-state index contributed by atoms with van der Waals surface area (Å²) in [5.74, 6) is 0. The zero-order valence-corrected chi connectivity index (χ0v) is 20.1. The number of hydrogen-bond acceptors (Lipinski definition) is 4. The molecule has 162 valence electrons. The Hall–Kier alpha value is -2.56. The van der Waals surface area contributed by atoms with Crippen LogP contribution in [0, 0.1) is 0 Å². The van der Waals surface area contributed by atoms with Crippen LogP contribution in [0.25, 0.3) is 42.4 Å². The second-order valence-corrected chi connectivity index (χ2v) is 10.4. The van der Waals surface area contributed by atoms with Crippen LogP contribution in [0.4, 0.5) is 0 Å². The highest BCUT2D eigenvalue weighted by Gasteiger charge is 2.24. The molecule has 32 heavy (non-hydrogen) atoms. The molecule has 0 aliphatic carbocycles. The molecule has 0 aliphatic heterocycles. The topological polar surface area (TPSA) is 34.1 Å². The highest BCUT2D eigenvalue weighted by Crippen LogP contribution is 2.39. The van der Waals surface area contributed by atoms with E-state index in [2.05, 4.69) is 26.0 Å². The third-order valence-corrected chi connectivity index (χ3v) is 8.25. The van der Waals surface area contributed by atoms with Gasteiger partial charge in [-0.15, -0.1) is 22.7 Å². The van der Waals surface area contributed by atoms with Gasteiger partial charge in [0, 0.05) is 31.7 Å². The molecule has 4 heteroatoms. The van der Waals surface area contributed by atoms with Crippen LogP contribution in [0.5, 0.6) is 0 Å². The van der Waals surface area contributed by atoms with E-state index in [4.69, 9.17) is 0 Å². The van der Waals surface area contributed by atoms with Crippen molar-refractivity contribution < 1.29 is 0 Å². The van der Waals surface area contributed by atoms with Gasteiger partial charge >= 0.3 is 0 Å². The Morgan fingerprint density at radius 1 is 0.688 bits per heavy atom. The lowest BCUT2D eigenvalue weighted by molar-refractivity contribution is 0.798. The van der Waals surface area contributed by atoms with Gasteiger partial charge in [-0.25, -0.2) is 0 Å². The van der Waals surface area contributed by atoms with Gasteiger partial charge in [0.05, 0.1) is 0 Å². The van der Waals surface area contributed by atoms with Gasteiger partial charge in [0.15, 0.2) is 10.9 Å². The first-order valence-corrected chi connectivity index (χ1v) is 13.2. The summed E-state index contributed by atoms with van der Waals surface area (Å²) in [6.07, 6.45) is 5.77. The number of unbranched alkanes of at least 4 members (excludes halogenated alkanes) is 2. The summed E-state index contributed by atoms with van der Waals surface area (Å²) >= 11 is 3.21. The van der Waals surface area contributed by atoms with Crippen LogP contribution in [0.15, 0.2) is 56.7 Å². The summed E-state index contributed by atoms with van der Waals surface area (Å²) in [5, 5.41) is 7.74. The molecule has 0 saturated heterocycles. The first kappa shape index (κ1) is 21.3. The lowest BCUT2D eigenvalue weighted by atomic mass is 9.92. The molecule has 0 unspecified atom stereocenters. The average molecular weight is 459 g/mol. The molecule has 0 fully saturated rings. The lowest BCUT2D eigenvalue weighted by Crippen LogP contribution is -2.06. The fourth-order valence-electron chi connectivity index (χ4n) is 4.88. The maximum atomic E-state index is 13.7. The smallest absolute Gasteiger partial charge is 0.195 e. The zero-order chi connectivity index (χ0) is 22.2. The molecule has 0 atom stereocenters. The monoisotopic (exact) mass is 458 g/mol. The van der Waals surface area contributed by atoms with Gasteiger partial charge in [-0.05, 0) is 82.6 Å². The molecule has 2 heterocycles. The van der Waals surface area contributed by atoms with Crippen molar-refractivity contribution in [3.8, 4) is 20.9 Å². The molecule has 2 nitrogen and oxygen atoms in total. The minimum atomic E-state index is 0.125. The normalized spacial score (nSPS) is 11.8. The van der Waals surface area contributed by atoms with Crippen molar-refractivity contribution in [2.45, 2.75) is 52.4 Å². The number of rotatable bonds is 8. The van der Waals surface area contributed by atoms with Gasteiger partial charge in [0.2, 0.25) is 0 Å². The maximum absolute atomic E-state index is 13.7. The van der Waals surface area contributed by atoms with E-state index in [1.807, 2.05) is 35.0 Å². The molecule has 5 rings (SSSR count). The van der Waals surface area contributed by atoms with Crippen molar-refractivity contribution in [3.63, 3.8) is 0 Å². The Kier molecular flexibility index (Phi) is 5.83. The van der Waals surface area contributed by atoms with Gasteiger partial charge in [0.1, 0.15) is 0 Å². The van der Waals surface area contributed by atoms with E-state index >= 15 is 0 Å². The fourth-order valence-corrected chi connectivity index (χ4v) is 6.36. The van der Waals surface area contributed by atoms with E-state index in [1.54, 1.807) is 22.7 Å². The summed E-state index contributed by atoms with van der Waals surface area (Å²) in [7, 11) is 0. The van der Waals surface area contributed by atoms with Crippen LogP contribution in [0.3, 0.4) is 0 Å². The number of aryl methyl sites for hydroxylation is 2. The number of fused-ring (bicyclic) bond motifs is 2. The van der Waals surface area contributed by atoms with Crippen molar-refractivity contribution in [3.05, 3.63) is 78.7 Å². The van der Waals surface area contributed by atoms with Crippen molar-refractivity contribution in [2.75, 3.05) is 0 Å². The SMILES string of the molecule is CCCCc1c2cc(-c3cccs3)c(=O)c2c(CCCC)c2cc(-c3cccs3)c(=O)c12. The van der Waals surface area contributed by atoms with Crippen LogP contribution in [0.2, 0.25) is 0 Å². The van der Waals surface area contributed by atoms with E-state index in [-0.39, 0.29) is 10.9 Å². The molecule has 0 saturated carbocycles. The first-order valence-electron chi connectivity index (χ1n) is 11.5. The van der Waals surface area contributed by atoms with Crippen LogP contribution in [-0.2, 0) is 12.8 Å². The van der Waals surface area contributed by atoms with Crippen molar-refractivity contribution in [1.29, 1.82) is 0 Å². The Morgan fingerprint density at radius 2 is 1.12 bits per heavy atom. The second-order valence-electron chi connectivity index (χ2n) is 8.47. The van der Waals surface area contributed by atoms with E-state index in [0.717, 1.165) is 92.1 Å². The highest BCUT2D eigenvalue weighted by atomic mass is 32.1. The Balaban J connectivity index is 1.91. The Labute approximate surface area is 195 Å². The highest BCUT2D eigenvalue weighted by molar-refractivity contribution is 7.13. The van der Waals surface area contributed by atoms with Crippen molar-refractivity contribution >= 4 is 44.2 Å². The summed E-state index contributed by atoms with van der Waals surface area (Å²) in [5.41, 5.74) is 3.96. The summed E-state index contributed by atoms with van der Waals surface area (Å²) in [6, 6.07) is 12.2. The molecule has 2 aromatic heterocycles. The standard InChI is InChI=1S/C28H26O2S2/c1-3-5-9-17-19-15-21(23-11-7-13-31-23)28(30)26(19)18(10-6-4-2)20-16-22(27(29)25(17)20)24-12-8-14-32-24/h7-8,11-16H,3-6,9-10H2,1-2H3. The number of hydrogen-bond donors (Lipinski definition) is 0. The summed E-state index contributed by atoms with van der Waals surface area (Å²) in [6.45, 7) is 4.34. The first-order chi connectivity index (χ1) is 15.7. The molecule has 0 spiro atoms. The van der Waals surface area contributed by atoms with Gasteiger partial charge in [-0.2, -0.15) is 0 Å². The third kappa shape index (κ3) is 3.37. The Morgan fingerprint density at radius 3 is 1.47 bits per heavy atom. The average Bonchev–Trinajstić information content (AvgIpc) is 3.58. The number of benzene rings is 1. The van der Waals surface area contributed by atoms with Gasteiger partial charge in [-0.3, -0.25) is 9.59 Å². The predicted molar refractivity (Wildman–Crippen MR) is 140 cm³/mol. The molecule has 0 amide bonds. The molecule has 0 N–H and O–H groups in total. The quantitative estimate of drug-likeness (QED) is 0.238. The van der Waals surface area contributed by atoms with Crippen LogP contribution in [0.1, 0.15) is 50.7 Å². The predicted octanol–water partition coefficient (Wildman–Crippen LogP) is 7.73.